The molecule has 0 aromatic carbocycles. The Morgan fingerprint density at radius 1 is 0.897 bits per heavy atom. The van der Waals surface area contributed by atoms with Gasteiger partial charge < -0.3 is 15.2 Å². The van der Waals surface area contributed by atoms with Crippen molar-refractivity contribution in [1.29, 1.82) is 0 Å². The number of amides is 1. The molecule has 6 rings (SSSR count). The van der Waals surface area contributed by atoms with E-state index in [1.807, 2.05) is 0 Å². The van der Waals surface area contributed by atoms with Crippen LogP contribution in [0.25, 0.3) is 0 Å². The summed E-state index contributed by atoms with van der Waals surface area (Å²) >= 11 is 0. The zero-order chi connectivity index (χ0) is 28.0. The first-order valence-corrected chi connectivity index (χ1v) is 16.5. The standard InChI is InChI=1S/C35H57NO3/c1-22(2)24-12-17-35(30(38)36-21-23-9-8-20-39-23)19-18-33(6)25(29(24)35)10-11-27-32(5)15-14-28(37)31(3,4)26(32)13-16-34(27,33)7/h23-29,37H,1,8-21H2,2-7H3,(H,36,38)/t23?,24-,25+,26-,27+,28-,29+,32-,33+,34+,35-/m0/s1. The van der Waals surface area contributed by atoms with Gasteiger partial charge in [-0.1, -0.05) is 46.8 Å². The van der Waals surface area contributed by atoms with Crippen molar-refractivity contribution in [1.82, 2.24) is 5.32 Å². The smallest absolute Gasteiger partial charge is 0.226 e. The van der Waals surface area contributed by atoms with Crippen LogP contribution >= 0.6 is 0 Å². The molecule has 1 heterocycles. The van der Waals surface area contributed by atoms with Crippen molar-refractivity contribution in [3.05, 3.63) is 12.2 Å². The molecule has 220 valence electrons. The fourth-order valence-corrected chi connectivity index (χ4v) is 12.7. The van der Waals surface area contributed by atoms with E-state index in [0.29, 0.717) is 47.5 Å². The van der Waals surface area contributed by atoms with Crippen LogP contribution in [0.5, 0.6) is 0 Å². The monoisotopic (exact) mass is 539 g/mol. The first-order chi connectivity index (χ1) is 18.3. The Hall–Kier alpha value is -0.870. The fourth-order valence-electron chi connectivity index (χ4n) is 12.7. The minimum absolute atomic E-state index is 0.00851. The average Bonchev–Trinajstić information content (AvgIpc) is 3.54. The quantitative estimate of drug-likeness (QED) is 0.369. The highest BCUT2D eigenvalue weighted by Gasteiger charge is 2.71. The van der Waals surface area contributed by atoms with Gasteiger partial charge in [0.1, 0.15) is 0 Å². The molecule has 1 amide bonds. The van der Waals surface area contributed by atoms with E-state index in [9.17, 15) is 9.90 Å². The van der Waals surface area contributed by atoms with Crippen molar-refractivity contribution in [3.63, 3.8) is 0 Å². The zero-order valence-corrected chi connectivity index (χ0v) is 25.9. The summed E-state index contributed by atoms with van der Waals surface area (Å²) in [6.45, 7) is 20.8. The lowest BCUT2D eigenvalue weighted by molar-refractivity contribution is -0.246. The molecule has 5 saturated carbocycles. The van der Waals surface area contributed by atoms with E-state index in [4.69, 9.17) is 4.74 Å². The summed E-state index contributed by atoms with van der Waals surface area (Å²) in [7, 11) is 0. The van der Waals surface area contributed by atoms with E-state index in [0.717, 1.165) is 51.6 Å². The van der Waals surface area contributed by atoms with Gasteiger partial charge in [-0.15, -0.1) is 0 Å². The predicted molar refractivity (Wildman–Crippen MR) is 157 cm³/mol. The Morgan fingerprint density at radius 2 is 1.67 bits per heavy atom. The Bertz CT molecular complexity index is 1000. The molecular weight excluding hydrogens is 482 g/mol. The molecule has 0 aromatic heterocycles. The van der Waals surface area contributed by atoms with Crippen molar-refractivity contribution < 1.29 is 14.6 Å². The van der Waals surface area contributed by atoms with Crippen LogP contribution in [0.3, 0.4) is 0 Å². The third-order valence-corrected chi connectivity index (χ3v) is 15.0. The summed E-state index contributed by atoms with van der Waals surface area (Å²) in [4.78, 5) is 14.2. The second-order valence-electron chi connectivity index (χ2n) is 16.6. The number of hydrogen-bond acceptors (Lipinski definition) is 3. The van der Waals surface area contributed by atoms with Crippen LogP contribution in [0, 0.1) is 56.7 Å². The van der Waals surface area contributed by atoms with Crippen molar-refractivity contribution in [3.8, 4) is 0 Å². The SMILES string of the molecule is C=C(C)[C@@H]1CC[C@]2(C(=O)NCC3CCCO3)CC[C@]3(C)[C@H](CC[C@@H]4[C@@]5(C)CC[C@H](O)C(C)(C)[C@@H]5CC[C@]43C)[C@@H]12. The van der Waals surface area contributed by atoms with E-state index in [1.165, 1.54) is 37.7 Å². The molecule has 0 spiro atoms. The molecule has 1 unspecified atom stereocenters. The van der Waals surface area contributed by atoms with E-state index in [2.05, 4.69) is 53.4 Å². The van der Waals surface area contributed by atoms with Crippen LogP contribution in [-0.2, 0) is 9.53 Å². The fraction of sp³-hybridized carbons (Fsp3) is 0.914. The van der Waals surface area contributed by atoms with Gasteiger partial charge in [-0.25, -0.2) is 0 Å². The summed E-state index contributed by atoms with van der Waals surface area (Å²) in [5.41, 5.74) is 1.86. The van der Waals surface area contributed by atoms with E-state index < -0.39 is 0 Å². The Kier molecular flexibility index (Phi) is 6.75. The number of carbonyl (C=O) groups is 1. The summed E-state index contributed by atoms with van der Waals surface area (Å²) in [6, 6.07) is 0. The van der Waals surface area contributed by atoms with Crippen molar-refractivity contribution in [2.75, 3.05) is 13.2 Å². The first kappa shape index (κ1) is 28.3. The van der Waals surface area contributed by atoms with Gasteiger partial charge in [-0.2, -0.15) is 0 Å². The number of aliphatic hydroxyl groups excluding tert-OH is 1. The third-order valence-electron chi connectivity index (χ3n) is 15.0. The lowest BCUT2D eigenvalue weighted by atomic mass is 9.32. The highest BCUT2D eigenvalue weighted by Crippen LogP contribution is 2.77. The van der Waals surface area contributed by atoms with Crippen LogP contribution in [0.1, 0.15) is 119 Å². The number of hydrogen-bond donors (Lipinski definition) is 2. The maximum Gasteiger partial charge on any atom is 0.226 e. The second kappa shape index (κ2) is 9.32. The number of fused-ring (bicyclic) bond motifs is 7. The Balaban J connectivity index is 1.33. The summed E-state index contributed by atoms with van der Waals surface area (Å²) in [5, 5.41) is 14.4. The van der Waals surface area contributed by atoms with Crippen molar-refractivity contribution in [2.24, 2.45) is 56.7 Å². The highest BCUT2D eigenvalue weighted by molar-refractivity contribution is 5.84. The Labute approximate surface area is 238 Å². The van der Waals surface area contributed by atoms with Crippen LogP contribution in [0.2, 0.25) is 0 Å². The molecule has 6 fully saturated rings. The second-order valence-corrected chi connectivity index (χ2v) is 16.6. The van der Waals surface area contributed by atoms with Crippen LogP contribution in [-0.4, -0.2) is 36.4 Å². The van der Waals surface area contributed by atoms with Gasteiger partial charge in [0.25, 0.3) is 0 Å². The van der Waals surface area contributed by atoms with E-state index in [1.54, 1.807) is 0 Å². The molecule has 1 aliphatic heterocycles. The number of ether oxygens (including phenoxy) is 1. The van der Waals surface area contributed by atoms with Crippen molar-refractivity contribution in [2.45, 2.75) is 131 Å². The van der Waals surface area contributed by atoms with Crippen LogP contribution < -0.4 is 5.32 Å². The van der Waals surface area contributed by atoms with Gasteiger partial charge >= 0.3 is 0 Å². The van der Waals surface area contributed by atoms with Gasteiger partial charge in [0.15, 0.2) is 0 Å². The molecule has 5 aliphatic carbocycles. The number of allylic oxidation sites excluding steroid dienone is 1. The van der Waals surface area contributed by atoms with Crippen LogP contribution in [0.4, 0.5) is 0 Å². The third kappa shape index (κ3) is 3.78. The lowest BCUT2D eigenvalue weighted by Gasteiger charge is -2.72. The summed E-state index contributed by atoms with van der Waals surface area (Å²) in [5.74, 6) is 3.05. The van der Waals surface area contributed by atoms with Gasteiger partial charge in [0.2, 0.25) is 5.91 Å². The van der Waals surface area contributed by atoms with Gasteiger partial charge in [0, 0.05) is 13.2 Å². The molecule has 39 heavy (non-hydrogen) atoms. The molecule has 4 nitrogen and oxygen atoms in total. The van der Waals surface area contributed by atoms with E-state index >= 15 is 0 Å². The minimum atomic E-state index is -0.242. The lowest BCUT2D eigenvalue weighted by Crippen LogP contribution is -2.67. The molecule has 2 N–H and O–H groups in total. The largest absolute Gasteiger partial charge is 0.393 e. The summed E-state index contributed by atoms with van der Waals surface area (Å²) in [6.07, 6.45) is 13.7. The maximum absolute atomic E-state index is 14.2. The van der Waals surface area contributed by atoms with Gasteiger partial charge in [0.05, 0.1) is 17.6 Å². The maximum atomic E-state index is 14.2. The number of aliphatic hydroxyl groups is 1. The minimum Gasteiger partial charge on any atom is -0.393 e. The molecule has 11 atom stereocenters. The molecule has 6 aliphatic rings. The molecule has 1 saturated heterocycles. The van der Waals surface area contributed by atoms with Crippen molar-refractivity contribution >= 4 is 5.91 Å². The number of nitrogens with one attached hydrogen (secondary N) is 1. The first-order valence-electron chi connectivity index (χ1n) is 16.5. The predicted octanol–water partition coefficient (Wildman–Crippen LogP) is 7.30. The topological polar surface area (TPSA) is 58.6 Å². The van der Waals surface area contributed by atoms with Gasteiger partial charge in [-0.3, -0.25) is 4.79 Å². The number of carbonyl (C=O) groups excluding carboxylic acids is 1. The Morgan fingerprint density at radius 3 is 2.36 bits per heavy atom. The molecule has 0 bridgehead atoms. The highest BCUT2D eigenvalue weighted by atomic mass is 16.5. The molecule has 4 heteroatoms. The molecular formula is C35H57NO3. The molecule has 0 radical (unpaired) electrons. The van der Waals surface area contributed by atoms with Crippen LogP contribution in [0.15, 0.2) is 12.2 Å². The average molecular weight is 540 g/mol. The number of rotatable bonds is 4. The van der Waals surface area contributed by atoms with E-state index in [-0.39, 0.29) is 33.9 Å². The summed E-state index contributed by atoms with van der Waals surface area (Å²) < 4.78 is 5.86. The normalized spacial score (nSPS) is 52.2. The zero-order valence-electron chi connectivity index (χ0n) is 25.9. The molecule has 0 aromatic rings. The van der Waals surface area contributed by atoms with Gasteiger partial charge in [-0.05, 0) is 135 Å².